The summed E-state index contributed by atoms with van der Waals surface area (Å²) in [6.45, 7) is 5.53. The number of carbonyl (C=O) groups excluding carboxylic acids is 1. The fourth-order valence-electron chi connectivity index (χ4n) is 1.78. The molecule has 0 spiro atoms. The molecule has 1 N–H and O–H groups in total. The minimum atomic E-state index is 0.0381. The summed E-state index contributed by atoms with van der Waals surface area (Å²) in [5.74, 6) is 1.44. The molecule has 0 aromatic carbocycles. The smallest absolute Gasteiger partial charge is 0.244 e. The van der Waals surface area contributed by atoms with Crippen LogP contribution < -0.4 is 10.2 Å². The standard InChI is InChI=1S/C11H15N3O/c1-8(2)6-14-7-10(15)13-9-4-3-5-12-11(9)14/h3-5,8H,6-7H2,1-2H3,(H,13,15). The van der Waals surface area contributed by atoms with Crippen molar-refractivity contribution in [3.63, 3.8) is 0 Å². The first-order valence-corrected chi connectivity index (χ1v) is 5.16. The van der Waals surface area contributed by atoms with Crippen LogP contribution in [0.5, 0.6) is 0 Å². The normalized spacial score (nSPS) is 15.1. The Labute approximate surface area is 89.3 Å². The second kappa shape index (κ2) is 3.88. The number of pyridine rings is 1. The van der Waals surface area contributed by atoms with E-state index in [1.807, 2.05) is 17.0 Å². The number of anilines is 2. The fraction of sp³-hybridized carbons (Fsp3) is 0.455. The highest BCUT2D eigenvalue weighted by Crippen LogP contribution is 2.26. The van der Waals surface area contributed by atoms with Crippen molar-refractivity contribution in [3.8, 4) is 0 Å². The van der Waals surface area contributed by atoms with Crippen LogP contribution in [-0.2, 0) is 4.79 Å². The van der Waals surface area contributed by atoms with E-state index < -0.39 is 0 Å². The summed E-state index contributed by atoms with van der Waals surface area (Å²) in [5.41, 5.74) is 0.814. The molecule has 0 radical (unpaired) electrons. The zero-order chi connectivity index (χ0) is 10.8. The molecular weight excluding hydrogens is 190 g/mol. The minimum Gasteiger partial charge on any atom is -0.345 e. The van der Waals surface area contributed by atoms with Gasteiger partial charge in [0.2, 0.25) is 5.91 Å². The summed E-state index contributed by atoms with van der Waals surface area (Å²) in [7, 11) is 0. The molecule has 1 aliphatic rings. The molecule has 2 heterocycles. The number of fused-ring (bicyclic) bond motifs is 1. The van der Waals surface area contributed by atoms with Gasteiger partial charge in [-0.05, 0) is 18.1 Å². The van der Waals surface area contributed by atoms with Gasteiger partial charge in [-0.1, -0.05) is 13.8 Å². The Kier molecular flexibility index (Phi) is 2.58. The maximum Gasteiger partial charge on any atom is 0.244 e. The highest BCUT2D eigenvalue weighted by molar-refractivity contribution is 6.00. The Bertz CT molecular complexity index is 376. The Morgan fingerprint density at radius 3 is 3.13 bits per heavy atom. The van der Waals surface area contributed by atoms with Gasteiger partial charge in [0.15, 0.2) is 5.82 Å². The third kappa shape index (κ3) is 2.09. The molecule has 1 aromatic heterocycles. The van der Waals surface area contributed by atoms with Crippen LogP contribution in [0.15, 0.2) is 18.3 Å². The second-order valence-corrected chi connectivity index (χ2v) is 4.20. The van der Waals surface area contributed by atoms with Crippen molar-refractivity contribution in [2.75, 3.05) is 23.3 Å². The SMILES string of the molecule is CC(C)CN1CC(=O)Nc2cccnc21. The molecular formula is C11H15N3O. The van der Waals surface area contributed by atoms with E-state index in [0.717, 1.165) is 18.1 Å². The lowest BCUT2D eigenvalue weighted by molar-refractivity contribution is -0.115. The molecule has 0 fully saturated rings. The Morgan fingerprint density at radius 1 is 1.60 bits per heavy atom. The minimum absolute atomic E-state index is 0.0381. The molecule has 0 saturated heterocycles. The molecule has 4 nitrogen and oxygen atoms in total. The van der Waals surface area contributed by atoms with Gasteiger partial charge in [0, 0.05) is 12.7 Å². The fourth-order valence-corrected chi connectivity index (χ4v) is 1.78. The van der Waals surface area contributed by atoms with Gasteiger partial charge in [0.05, 0.1) is 12.2 Å². The van der Waals surface area contributed by atoms with Gasteiger partial charge in [-0.25, -0.2) is 4.98 Å². The molecule has 4 heteroatoms. The van der Waals surface area contributed by atoms with Gasteiger partial charge in [-0.15, -0.1) is 0 Å². The molecule has 0 aliphatic carbocycles. The van der Waals surface area contributed by atoms with Crippen LogP contribution in [0, 0.1) is 5.92 Å². The zero-order valence-corrected chi connectivity index (χ0v) is 9.03. The maximum absolute atomic E-state index is 11.4. The Morgan fingerprint density at radius 2 is 2.40 bits per heavy atom. The number of hydrogen-bond donors (Lipinski definition) is 1. The highest BCUT2D eigenvalue weighted by Gasteiger charge is 2.22. The summed E-state index contributed by atoms with van der Waals surface area (Å²) in [6, 6.07) is 3.71. The van der Waals surface area contributed by atoms with E-state index in [2.05, 4.69) is 24.1 Å². The molecule has 0 saturated carbocycles. The molecule has 0 atom stereocenters. The van der Waals surface area contributed by atoms with E-state index in [1.165, 1.54) is 0 Å². The number of carbonyl (C=O) groups is 1. The molecule has 1 amide bonds. The van der Waals surface area contributed by atoms with Crippen LogP contribution in [0.2, 0.25) is 0 Å². The predicted octanol–water partition coefficient (Wildman–Crippen LogP) is 1.50. The summed E-state index contributed by atoms with van der Waals surface area (Å²) in [4.78, 5) is 17.8. The number of amides is 1. The highest BCUT2D eigenvalue weighted by atomic mass is 16.2. The van der Waals surface area contributed by atoms with E-state index in [1.54, 1.807) is 6.20 Å². The lowest BCUT2D eigenvalue weighted by Crippen LogP contribution is -2.40. The number of nitrogens with zero attached hydrogens (tertiary/aromatic N) is 2. The first kappa shape index (κ1) is 9.96. The molecule has 2 rings (SSSR count). The van der Waals surface area contributed by atoms with Crippen LogP contribution in [0.3, 0.4) is 0 Å². The van der Waals surface area contributed by atoms with Gasteiger partial charge >= 0.3 is 0 Å². The topological polar surface area (TPSA) is 45.2 Å². The quantitative estimate of drug-likeness (QED) is 0.795. The van der Waals surface area contributed by atoms with E-state index in [9.17, 15) is 4.79 Å². The van der Waals surface area contributed by atoms with Crippen LogP contribution in [-0.4, -0.2) is 24.0 Å². The molecule has 1 aliphatic heterocycles. The number of rotatable bonds is 2. The van der Waals surface area contributed by atoms with E-state index in [0.29, 0.717) is 12.5 Å². The van der Waals surface area contributed by atoms with Gasteiger partial charge in [0.1, 0.15) is 0 Å². The zero-order valence-electron chi connectivity index (χ0n) is 9.03. The monoisotopic (exact) mass is 205 g/mol. The van der Waals surface area contributed by atoms with E-state index in [-0.39, 0.29) is 5.91 Å². The Hall–Kier alpha value is -1.58. The molecule has 0 bridgehead atoms. The van der Waals surface area contributed by atoms with Gasteiger partial charge in [0.25, 0.3) is 0 Å². The molecule has 1 aromatic rings. The maximum atomic E-state index is 11.4. The van der Waals surface area contributed by atoms with Gasteiger partial charge < -0.3 is 10.2 Å². The van der Waals surface area contributed by atoms with Crippen molar-refractivity contribution in [2.24, 2.45) is 5.92 Å². The summed E-state index contributed by atoms with van der Waals surface area (Å²) in [5, 5.41) is 2.82. The van der Waals surface area contributed by atoms with Crippen molar-refractivity contribution < 1.29 is 4.79 Å². The predicted molar refractivity (Wildman–Crippen MR) is 59.9 cm³/mol. The van der Waals surface area contributed by atoms with Crippen LogP contribution >= 0.6 is 0 Å². The average Bonchev–Trinajstić information content (AvgIpc) is 2.16. The lowest BCUT2D eigenvalue weighted by Gasteiger charge is -2.30. The third-order valence-electron chi connectivity index (χ3n) is 2.28. The molecule has 15 heavy (non-hydrogen) atoms. The summed E-state index contributed by atoms with van der Waals surface area (Å²) in [6.07, 6.45) is 1.75. The number of hydrogen-bond acceptors (Lipinski definition) is 3. The van der Waals surface area contributed by atoms with Crippen LogP contribution in [0.25, 0.3) is 0 Å². The van der Waals surface area contributed by atoms with Gasteiger partial charge in [-0.3, -0.25) is 4.79 Å². The number of nitrogens with one attached hydrogen (secondary N) is 1. The van der Waals surface area contributed by atoms with Gasteiger partial charge in [-0.2, -0.15) is 0 Å². The van der Waals surface area contributed by atoms with Crippen molar-refractivity contribution in [1.82, 2.24) is 4.98 Å². The van der Waals surface area contributed by atoms with Crippen LogP contribution in [0.1, 0.15) is 13.8 Å². The molecule has 0 unspecified atom stereocenters. The van der Waals surface area contributed by atoms with Crippen molar-refractivity contribution in [2.45, 2.75) is 13.8 Å². The van der Waals surface area contributed by atoms with Crippen molar-refractivity contribution >= 4 is 17.4 Å². The van der Waals surface area contributed by atoms with E-state index >= 15 is 0 Å². The second-order valence-electron chi connectivity index (χ2n) is 4.20. The number of aromatic nitrogens is 1. The van der Waals surface area contributed by atoms with Crippen molar-refractivity contribution in [1.29, 1.82) is 0 Å². The average molecular weight is 205 g/mol. The lowest BCUT2D eigenvalue weighted by atomic mass is 10.2. The first-order chi connectivity index (χ1) is 7.16. The van der Waals surface area contributed by atoms with E-state index in [4.69, 9.17) is 0 Å². The Balaban J connectivity index is 2.30. The summed E-state index contributed by atoms with van der Waals surface area (Å²) >= 11 is 0. The summed E-state index contributed by atoms with van der Waals surface area (Å²) < 4.78 is 0. The van der Waals surface area contributed by atoms with Crippen molar-refractivity contribution in [3.05, 3.63) is 18.3 Å². The largest absolute Gasteiger partial charge is 0.345 e. The molecule has 80 valence electrons. The van der Waals surface area contributed by atoms with Crippen LogP contribution in [0.4, 0.5) is 11.5 Å². The third-order valence-corrected chi connectivity index (χ3v) is 2.28. The first-order valence-electron chi connectivity index (χ1n) is 5.16.